The van der Waals surface area contributed by atoms with Crippen LogP contribution in [0.1, 0.15) is 0 Å². The van der Waals surface area contributed by atoms with Crippen molar-refractivity contribution in [1.29, 1.82) is 0 Å². The van der Waals surface area contributed by atoms with Crippen molar-refractivity contribution < 1.29 is 4.74 Å². The van der Waals surface area contributed by atoms with E-state index < -0.39 is 0 Å². The molecule has 0 aliphatic carbocycles. The highest BCUT2D eigenvalue weighted by atomic mass is 79.9. The molecule has 2 aromatic rings. The predicted octanol–water partition coefficient (Wildman–Crippen LogP) is 2.11. The SMILES string of the molecule is COc1cccc2ncc(Br)n12. The van der Waals surface area contributed by atoms with Crippen molar-refractivity contribution in [3.05, 3.63) is 29.0 Å². The van der Waals surface area contributed by atoms with Crippen molar-refractivity contribution >= 4 is 21.6 Å². The first kappa shape index (κ1) is 7.61. The van der Waals surface area contributed by atoms with E-state index in [0.717, 1.165) is 16.1 Å². The maximum atomic E-state index is 5.16. The minimum atomic E-state index is 0.775. The second kappa shape index (κ2) is 2.79. The summed E-state index contributed by atoms with van der Waals surface area (Å²) in [6, 6.07) is 5.72. The summed E-state index contributed by atoms with van der Waals surface area (Å²) in [6.45, 7) is 0. The van der Waals surface area contributed by atoms with Gasteiger partial charge in [-0.25, -0.2) is 4.98 Å². The second-order valence-electron chi connectivity index (χ2n) is 2.34. The molecule has 0 spiro atoms. The molecule has 3 nitrogen and oxygen atoms in total. The van der Waals surface area contributed by atoms with Crippen molar-refractivity contribution in [1.82, 2.24) is 9.38 Å². The Morgan fingerprint density at radius 3 is 3.08 bits per heavy atom. The first-order valence-corrected chi connectivity index (χ1v) is 4.28. The molecule has 2 heterocycles. The molecule has 0 aliphatic rings. The molecule has 0 amide bonds. The molecule has 4 heteroatoms. The third-order valence-electron chi connectivity index (χ3n) is 1.66. The lowest BCUT2D eigenvalue weighted by Crippen LogP contribution is -1.92. The molecule has 12 heavy (non-hydrogen) atoms. The van der Waals surface area contributed by atoms with Crippen LogP contribution in [-0.4, -0.2) is 16.5 Å². The number of methoxy groups -OCH3 is 1. The van der Waals surface area contributed by atoms with Gasteiger partial charge in [-0.15, -0.1) is 0 Å². The molecule has 0 N–H and O–H groups in total. The Bertz CT molecular complexity index is 410. The van der Waals surface area contributed by atoms with E-state index in [-0.39, 0.29) is 0 Å². The summed E-state index contributed by atoms with van der Waals surface area (Å²) in [5, 5.41) is 0. The van der Waals surface area contributed by atoms with Gasteiger partial charge in [0.15, 0.2) is 5.88 Å². The first-order chi connectivity index (χ1) is 5.83. The standard InChI is InChI=1S/C8H7BrN2O/c1-12-8-4-2-3-7-10-5-6(9)11(7)8/h2-5H,1H3. The third kappa shape index (κ3) is 0.992. The molecule has 0 bridgehead atoms. The highest BCUT2D eigenvalue weighted by molar-refractivity contribution is 9.10. The van der Waals surface area contributed by atoms with E-state index in [2.05, 4.69) is 20.9 Å². The summed E-state index contributed by atoms with van der Waals surface area (Å²) >= 11 is 3.38. The quantitative estimate of drug-likeness (QED) is 0.745. The molecular weight excluding hydrogens is 220 g/mol. The van der Waals surface area contributed by atoms with Crippen LogP contribution in [-0.2, 0) is 0 Å². The van der Waals surface area contributed by atoms with Crippen molar-refractivity contribution in [3.63, 3.8) is 0 Å². The molecule has 0 aromatic carbocycles. The number of aromatic nitrogens is 2. The molecule has 0 atom stereocenters. The van der Waals surface area contributed by atoms with E-state index in [1.165, 1.54) is 0 Å². The molecule has 0 fully saturated rings. The number of nitrogens with zero attached hydrogens (tertiary/aromatic N) is 2. The number of pyridine rings is 1. The summed E-state index contributed by atoms with van der Waals surface area (Å²) in [5.74, 6) is 0.775. The zero-order valence-corrected chi connectivity index (χ0v) is 8.08. The Labute approximate surface area is 78.1 Å². The molecule has 2 rings (SSSR count). The Hall–Kier alpha value is -1.03. The zero-order valence-electron chi connectivity index (χ0n) is 6.49. The number of rotatable bonds is 1. The van der Waals surface area contributed by atoms with E-state index in [1.807, 2.05) is 22.6 Å². The number of ether oxygens (including phenoxy) is 1. The molecule has 2 aromatic heterocycles. The Morgan fingerprint density at radius 2 is 2.33 bits per heavy atom. The Balaban J connectivity index is 2.84. The fourth-order valence-electron chi connectivity index (χ4n) is 1.13. The van der Waals surface area contributed by atoms with Crippen molar-refractivity contribution in [2.45, 2.75) is 0 Å². The van der Waals surface area contributed by atoms with Crippen LogP contribution < -0.4 is 4.74 Å². The summed E-state index contributed by atoms with van der Waals surface area (Å²) in [7, 11) is 1.64. The smallest absolute Gasteiger partial charge is 0.199 e. The van der Waals surface area contributed by atoms with E-state index in [4.69, 9.17) is 4.74 Å². The number of fused-ring (bicyclic) bond motifs is 1. The highest BCUT2D eigenvalue weighted by Crippen LogP contribution is 2.20. The number of hydrogen-bond acceptors (Lipinski definition) is 2. The van der Waals surface area contributed by atoms with Crippen molar-refractivity contribution in [3.8, 4) is 5.88 Å². The van der Waals surface area contributed by atoms with Crippen molar-refractivity contribution in [2.75, 3.05) is 7.11 Å². The van der Waals surface area contributed by atoms with Crippen LogP contribution in [0.3, 0.4) is 0 Å². The van der Waals surface area contributed by atoms with Crippen molar-refractivity contribution in [2.24, 2.45) is 0 Å². The van der Waals surface area contributed by atoms with Gasteiger partial charge < -0.3 is 4.74 Å². The van der Waals surface area contributed by atoms with Crippen LogP contribution >= 0.6 is 15.9 Å². The molecule has 0 unspecified atom stereocenters. The summed E-state index contributed by atoms with van der Waals surface area (Å²) in [6.07, 6.45) is 1.75. The van der Waals surface area contributed by atoms with Gasteiger partial charge >= 0.3 is 0 Å². The monoisotopic (exact) mass is 226 g/mol. The molecule has 0 aliphatic heterocycles. The van der Waals surface area contributed by atoms with E-state index in [1.54, 1.807) is 13.3 Å². The third-order valence-corrected chi connectivity index (χ3v) is 2.22. The van der Waals surface area contributed by atoms with Gasteiger partial charge in [0.05, 0.1) is 13.3 Å². The molecular formula is C8H7BrN2O. The van der Waals surface area contributed by atoms with Gasteiger partial charge in [-0.3, -0.25) is 4.40 Å². The molecule has 0 radical (unpaired) electrons. The van der Waals surface area contributed by atoms with Crippen LogP contribution in [0.5, 0.6) is 5.88 Å². The summed E-state index contributed by atoms with van der Waals surface area (Å²) in [4.78, 5) is 4.16. The number of hydrogen-bond donors (Lipinski definition) is 0. The van der Waals surface area contributed by atoms with Gasteiger partial charge in [-0.2, -0.15) is 0 Å². The van der Waals surface area contributed by atoms with Crippen LogP contribution in [0.15, 0.2) is 29.0 Å². The van der Waals surface area contributed by atoms with Gasteiger partial charge in [0, 0.05) is 0 Å². The molecule has 62 valence electrons. The van der Waals surface area contributed by atoms with E-state index >= 15 is 0 Å². The normalized spacial score (nSPS) is 10.5. The average Bonchev–Trinajstić information content (AvgIpc) is 2.48. The lowest BCUT2D eigenvalue weighted by atomic mass is 10.4. The highest BCUT2D eigenvalue weighted by Gasteiger charge is 2.03. The second-order valence-corrected chi connectivity index (χ2v) is 3.16. The predicted molar refractivity (Wildman–Crippen MR) is 49.4 cm³/mol. The maximum Gasteiger partial charge on any atom is 0.199 e. The van der Waals surface area contributed by atoms with Gasteiger partial charge in [-0.05, 0) is 28.1 Å². The minimum Gasteiger partial charge on any atom is -0.482 e. The van der Waals surface area contributed by atoms with Crippen LogP contribution in [0.2, 0.25) is 0 Å². The summed E-state index contributed by atoms with van der Waals surface area (Å²) in [5.41, 5.74) is 0.876. The zero-order chi connectivity index (χ0) is 8.55. The van der Waals surface area contributed by atoms with Crippen LogP contribution in [0.25, 0.3) is 5.65 Å². The van der Waals surface area contributed by atoms with Gasteiger partial charge in [0.1, 0.15) is 10.3 Å². The van der Waals surface area contributed by atoms with Gasteiger partial charge in [0.25, 0.3) is 0 Å². The van der Waals surface area contributed by atoms with E-state index in [9.17, 15) is 0 Å². The van der Waals surface area contributed by atoms with Gasteiger partial charge in [0.2, 0.25) is 0 Å². The first-order valence-electron chi connectivity index (χ1n) is 3.49. The van der Waals surface area contributed by atoms with E-state index in [0.29, 0.717) is 0 Å². The minimum absolute atomic E-state index is 0.775. The molecule has 0 saturated carbocycles. The number of imidazole rings is 1. The lowest BCUT2D eigenvalue weighted by Gasteiger charge is -2.03. The van der Waals surface area contributed by atoms with Crippen LogP contribution in [0.4, 0.5) is 0 Å². The topological polar surface area (TPSA) is 26.5 Å². The fourth-order valence-corrected chi connectivity index (χ4v) is 1.59. The summed E-state index contributed by atoms with van der Waals surface area (Å²) < 4.78 is 7.95. The Morgan fingerprint density at radius 1 is 1.50 bits per heavy atom. The lowest BCUT2D eigenvalue weighted by molar-refractivity contribution is 0.391. The Kier molecular flexibility index (Phi) is 1.77. The number of halogens is 1. The maximum absolute atomic E-state index is 5.16. The fraction of sp³-hybridized carbons (Fsp3) is 0.125. The van der Waals surface area contributed by atoms with Crippen LogP contribution in [0, 0.1) is 0 Å². The van der Waals surface area contributed by atoms with Gasteiger partial charge in [-0.1, -0.05) is 6.07 Å². The largest absolute Gasteiger partial charge is 0.482 e. The average molecular weight is 227 g/mol. The molecule has 0 saturated heterocycles.